The molecule has 0 radical (unpaired) electrons. The molecule has 6 nitrogen and oxygen atoms in total. The fraction of sp³-hybridized carbons (Fsp3) is 0.650. The van der Waals surface area contributed by atoms with Crippen LogP contribution < -0.4 is 15.4 Å². The summed E-state index contributed by atoms with van der Waals surface area (Å²) in [5.74, 6) is 1.76. The number of rotatable bonds is 8. The monoisotopic (exact) mass is 489 g/mol. The van der Waals surface area contributed by atoms with Gasteiger partial charge in [0.15, 0.2) is 5.96 Å². The highest BCUT2D eigenvalue weighted by atomic mass is 127. The van der Waals surface area contributed by atoms with E-state index in [0.29, 0.717) is 6.54 Å². The molecule has 2 N–H and O–H groups in total. The number of likely N-dealkylation sites (N-methyl/N-ethyl adjacent to an activating group) is 1. The van der Waals surface area contributed by atoms with Crippen LogP contribution in [0.25, 0.3) is 0 Å². The maximum absolute atomic E-state index is 5.46. The molecule has 154 valence electrons. The molecule has 0 bridgehead atoms. The highest BCUT2D eigenvalue weighted by Crippen LogP contribution is 2.19. The van der Waals surface area contributed by atoms with Crippen LogP contribution in [-0.4, -0.2) is 76.2 Å². The lowest BCUT2D eigenvalue weighted by Gasteiger charge is -2.32. The number of hydrogen-bond donors (Lipinski definition) is 2. The van der Waals surface area contributed by atoms with Crippen LogP contribution >= 0.6 is 24.0 Å². The first-order chi connectivity index (χ1) is 12.6. The Balaban J connectivity index is 0.00000364. The van der Waals surface area contributed by atoms with E-state index in [-0.39, 0.29) is 24.0 Å². The van der Waals surface area contributed by atoms with Crippen molar-refractivity contribution in [1.29, 1.82) is 0 Å². The lowest BCUT2D eigenvalue weighted by molar-refractivity contribution is 0.152. The van der Waals surface area contributed by atoms with Gasteiger partial charge in [-0.05, 0) is 45.0 Å². The van der Waals surface area contributed by atoms with Crippen molar-refractivity contribution >= 4 is 29.9 Å². The van der Waals surface area contributed by atoms with E-state index in [2.05, 4.69) is 57.6 Å². The van der Waals surface area contributed by atoms with Crippen LogP contribution in [0.4, 0.5) is 0 Å². The van der Waals surface area contributed by atoms with Crippen LogP contribution in [0, 0.1) is 6.92 Å². The van der Waals surface area contributed by atoms with Crippen LogP contribution in [0.15, 0.2) is 23.2 Å². The normalized spacial score (nSPS) is 15.9. The van der Waals surface area contributed by atoms with Gasteiger partial charge in [0, 0.05) is 51.9 Å². The van der Waals surface area contributed by atoms with Crippen LogP contribution in [-0.2, 0) is 6.54 Å². The average Bonchev–Trinajstić information content (AvgIpc) is 2.66. The molecule has 1 aliphatic heterocycles. The SMILES string of the molecule is CN=C(NCCCCN1CCN(C)CC1)NCc1ccc(C)cc1OC.I. The van der Waals surface area contributed by atoms with Crippen molar-refractivity contribution in [3.05, 3.63) is 29.3 Å². The third-order valence-corrected chi connectivity index (χ3v) is 4.90. The third kappa shape index (κ3) is 8.66. The first kappa shape index (κ1) is 24.0. The van der Waals surface area contributed by atoms with E-state index in [1.807, 2.05) is 7.05 Å². The Hall–Kier alpha value is -1.06. The number of aryl methyl sites for hydroxylation is 1. The summed E-state index contributed by atoms with van der Waals surface area (Å²) in [5, 5.41) is 6.77. The van der Waals surface area contributed by atoms with Gasteiger partial charge in [-0.15, -0.1) is 24.0 Å². The van der Waals surface area contributed by atoms with Crippen LogP contribution in [0.3, 0.4) is 0 Å². The Bertz CT molecular complexity index is 573. The van der Waals surface area contributed by atoms with Crippen molar-refractivity contribution < 1.29 is 4.74 Å². The average molecular weight is 489 g/mol. The van der Waals surface area contributed by atoms with Crippen molar-refractivity contribution in [2.45, 2.75) is 26.3 Å². The minimum atomic E-state index is 0. The Morgan fingerprint density at radius 3 is 2.56 bits per heavy atom. The number of hydrogen-bond acceptors (Lipinski definition) is 4. The lowest BCUT2D eigenvalue weighted by atomic mass is 10.1. The van der Waals surface area contributed by atoms with Gasteiger partial charge < -0.3 is 25.2 Å². The summed E-state index contributed by atoms with van der Waals surface area (Å²) in [6.45, 7) is 9.69. The molecule has 0 amide bonds. The van der Waals surface area contributed by atoms with Crippen molar-refractivity contribution in [3.8, 4) is 5.75 Å². The molecule has 2 rings (SSSR count). The number of guanidine groups is 1. The molecule has 0 aromatic heterocycles. The van der Waals surface area contributed by atoms with Crippen LogP contribution in [0.1, 0.15) is 24.0 Å². The van der Waals surface area contributed by atoms with Gasteiger partial charge in [-0.1, -0.05) is 12.1 Å². The predicted octanol–water partition coefficient (Wildman–Crippen LogP) is 2.31. The Morgan fingerprint density at radius 2 is 1.89 bits per heavy atom. The summed E-state index contributed by atoms with van der Waals surface area (Å²) in [6, 6.07) is 6.27. The number of ether oxygens (including phenoxy) is 1. The van der Waals surface area contributed by atoms with Crippen molar-refractivity contribution in [1.82, 2.24) is 20.4 Å². The summed E-state index contributed by atoms with van der Waals surface area (Å²) in [4.78, 5) is 9.28. The van der Waals surface area contributed by atoms with Crippen molar-refractivity contribution in [3.63, 3.8) is 0 Å². The molecule has 0 saturated carbocycles. The fourth-order valence-electron chi connectivity index (χ4n) is 3.14. The zero-order valence-corrected chi connectivity index (χ0v) is 19.6. The third-order valence-electron chi connectivity index (χ3n) is 4.90. The molecule has 1 aromatic rings. The summed E-state index contributed by atoms with van der Waals surface area (Å²) < 4.78 is 5.46. The fourth-order valence-corrected chi connectivity index (χ4v) is 3.14. The summed E-state index contributed by atoms with van der Waals surface area (Å²) >= 11 is 0. The van der Waals surface area contributed by atoms with Gasteiger partial charge in [-0.2, -0.15) is 0 Å². The number of methoxy groups -OCH3 is 1. The number of nitrogens with one attached hydrogen (secondary N) is 2. The molecule has 0 atom stereocenters. The van der Waals surface area contributed by atoms with E-state index in [4.69, 9.17) is 4.74 Å². The van der Waals surface area contributed by atoms with Gasteiger partial charge in [0.05, 0.1) is 7.11 Å². The minimum Gasteiger partial charge on any atom is -0.496 e. The highest BCUT2D eigenvalue weighted by Gasteiger charge is 2.12. The zero-order valence-electron chi connectivity index (χ0n) is 17.3. The van der Waals surface area contributed by atoms with Crippen LogP contribution in [0.2, 0.25) is 0 Å². The molecule has 7 heteroatoms. The topological polar surface area (TPSA) is 52.1 Å². The molecule has 27 heavy (non-hydrogen) atoms. The first-order valence-corrected chi connectivity index (χ1v) is 9.61. The molecule has 1 saturated heterocycles. The van der Waals surface area contributed by atoms with Crippen LogP contribution in [0.5, 0.6) is 5.75 Å². The quantitative estimate of drug-likeness (QED) is 0.254. The number of unbranched alkanes of at least 4 members (excludes halogenated alkanes) is 1. The Morgan fingerprint density at radius 1 is 1.15 bits per heavy atom. The molecular formula is C20H36IN5O. The standard InChI is InChI=1S/C20H35N5O.HI/c1-17-7-8-18(19(15-17)26-4)16-23-20(21-2)22-9-5-6-10-25-13-11-24(3)12-14-25;/h7-8,15H,5-6,9-14,16H2,1-4H3,(H2,21,22,23);1H. The molecule has 0 spiro atoms. The number of aliphatic imine (C=N–C) groups is 1. The summed E-state index contributed by atoms with van der Waals surface area (Å²) in [6.07, 6.45) is 2.38. The van der Waals surface area contributed by atoms with Gasteiger partial charge in [-0.25, -0.2) is 0 Å². The zero-order chi connectivity index (χ0) is 18.8. The smallest absolute Gasteiger partial charge is 0.191 e. The molecule has 1 aromatic carbocycles. The summed E-state index contributed by atoms with van der Waals surface area (Å²) in [7, 11) is 5.73. The van der Waals surface area contributed by atoms with Gasteiger partial charge in [0.2, 0.25) is 0 Å². The number of halogens is 1. The predicted molar refractivity (Wildman–Crippen MR) is 125 cm³/mol. The summed E-state index contributed by atoms with van der Waals surface area (Å²) in [5.41, 5.74) is 2.34. The molecule has 1 aliphatic rings. The van der Waals surface area contributed by atoms with E-state index in [9.17, 15) is 0 Å². The number of nitrogens with zero attached hydrogens (tertiary/aromatic N) is 3. The van der Waals surface area contributed by atoms with Crippen molar-refractivity contribution in [2.24, 2.45) is 4.99 Å². The number of piperazine rings is 1. The minimum absolute atomic E-state index is 0. The van der Waals surface area contributed by atoms with E-state index in [1.165, 1.54) is 44.7 Å². The molecule has 1 heterocycles. The van der Waals surface area contributed by atoms with Gasteiger partial charge >= 0.3 is 0 Å². The van der Waals surface area contributed by atoms with E-state index < -0.39 is 0 Å². The Labute approximate surface area is 181 Å². The van der Waals surface area contributed by atoms with E-state index >= 15 is 0 Å². The second kappa shape index (κ2) is 13.2. The van der Waals surface area contributed by atoms with Gasteiger partial charge in [0.25, 0.3) is 0 Å². The van der Waals surface area contributed by atoms with Gasteiger partial charge in [0.1, 0.15) is 5.75 Å². The Kier molecular flexibility index (Phi) is 11.7. The molecule has 0 unspecified atom stereocenters. The highest BCUT2D eigenvalue weighted by molar-refractivity contribution is 14.0. The van der Waals surface area contributed by atoms with E-state index in [1.54, 1.807) is 7.11 Å². The largest absolute Gasteiger partial charge is 0.496 e. The second-order valence-corrected chi connectivity index (χ2v) is 7.02. The van der Waals surface area contributed by atoms with E-state index in [0.717, 1.165) is 30.2 Å². The maximum Gasteiger partial charge on any atom is 0.191 e. The molecular weight excluding hydrogens is 453 g/mol. The molecule has 1 fully saturated rings. The van der Waals surface area contributed by atoms with Crippen molar-refractivity contribution in [2.75, 3.05) is 60.5 Å². The van der Waals surface area contributed by atoms with Gasteiger partial charge in [-0.3, -0.25) is 4.99 Å². The lowest BCUT2D eigenvalue weighted by Crippen LogP contribution is -2.44. The molecule has 0 aliphatic carbocycles. The second-order valence-electron chi connectivity index (χ2n) is 7.02. The number of benzene rings is 1. The maximum atomic E-state index is 5.46. The first-order valence-electron chi connectivity index (χ1n) is 9.61.